The van der Waals surface area contributed by atoms with Gasteiger partial charge in [0, 0.05) is 0 Å². The lowest BCUT2D eigenvalue weighted by Gasteiger charge is -2.20. The molecule has 1 aromatic carbocycles. The fourth-order valence-corrected chi connectivity index (χ4v) is 3.71. The van der Waals surface area contributed by atoms with Crippen LogP contribution in [0.15, 0.2) is 30.3 Å². The average Bonchev–Trinajstić information content (AvgIpc) is 2.30. The molecule has 17 heavy (non-hydrogen) atoms. The Morgan fingerprint density at radius 3 is 2.12 bits per heavy atom. The molecular formula is C13H21O3P. The first kappa shape index (κ1) is 14.4. The van der Waals surface area contributed by atoms with Crippen molar-refractivity contribution in [2.75, 3.05) is 19.4 Å². The van der Waals surface area contributed by atoms with Gasteiger partial charge in [0.15, 0.2) is 0 Å². The SMILES string of the molecule is CCOP(=O)(C[C@@H](C)c1ccccc1)OCC. The maximum absolute atomic E-state index is 12.4. The van der Waals surface area contributed by atoms with Crippen molar-refractivity contribution in [1.82, 2.24) is 0 Å². The number of hydrogen-bond donors (Lipinski definition) is 0. The van der Waals surface area contributed by atoms with Crippen LogP contribution in [0.4, 0.5) is 0 Å². The quantitative estimate of drug-likeness (QED) is 0.690. The minimum atomic E-state index is -2.94. The van der Waals surface area contributed by atoms with Gasteiger partial charge in [-0.1, -0.05) is 37.3 Å². The van der Waals surface area contributed by atoms with Gasteiger partial charge >= 0.3 is 7.60 Å². The summed E-state index contributed by atoms with van der Waals surface area (Å²) in [4.78, 5) is 0. The topological polar surface area (TPSA) is 35.5 Å². The second kappa shape index (κ2) is 6.95. The van der Waals surface area contributed by atoms with E-state index >= 15 is 0 Å². The molecule has 0 aliphatic rings. The summed E-state index contributed by atoms with van der Waals surface area (Å²) < 4.78 is 22.9. The molecule has 3 nitrogen and oxygen atoms in total. The van der Waals surface area contributed by atoms with E-state index in [9.17, 15) is 4.57 Å². The zero-order valence-corrected chi connectivity index (χ0v) is 11.7. The molecule has 0 unspecified atom stereocenters. The third-order valence-electron chi connectivity index (χ3n) is 2.52. The number of benzene rings is 1. The maximum atomic E-state index is 12.4. The lowest BCUT2D eigenvalue weighted by molar-refractivity contribution is 0.219. The van der Waals surface area contributed by atoms with E-state index in [2.05, 4.69) is 0 Å². The average molecular weight is 256 g/mol. The first-order valence-corrected chi connectivity index (χ1v) is 7.77. The van der Waals surface area contributed by atoms with E-state index in [4.69, 9.17) is 9.05 Å². The molecule has 0 saturated carbocycles. The van der Waals surface area contributed by atoms with Crippen LogP contribution in [0.25, 0.3) is 0 Å². The van der Waals surface area contributed by atoms with E-state index in [1.165, 1.54) is 0 Å². The van der Waals surface area contributed by atoms with Gasteiger partial charge in [0.2, 0.25) is 0 Å². The first-order valence-electron chi connectivity index (χ1n) is 6.04. The van der Waals surface area contributed by atoms with E-state index in [1.807, 2.05) is 51.1 Å². The maximum Gasteiger partial charge on any atom is 0.331 e. The van der Waals surface area contributed by atoms with Gasteiger partial charge < -0.3 is 9.05 Å². The normalized spacial score (nSPS) is 13.6. The highest BCUT2D eigenvalue weighted by atomic mass is 31.2. The molecular weight excluding hydrogens is 235 g/mol. The van der Waals surface area contributed by atoms with Crippen molar-refractivity contribution in [2.24, 2.45) is 0 Å². The highest BCUT2D eigenvalue weighted by molar-refractivity contribution is 7.53. The summed E-state index contributed by atoms with van der Waals surface area (Å²) in [5.41, 5.74) is 1.16. The Morgan fingerprint density at radius 1 is 1.12 bits per heavy atom. The highest BCUT2D eigenvalue weighted by Gasteiger charge is 2.26. The van der Waals surface area contributed by atoms with Crippen molar-refractivity contribution in [1.29, 1.82) is 0 Å². The highest BCUT2D eigenvalue weighted by Crippen LogP contribution is 2.51. The molecule has 0 radical (unpaired) electrons. The minimum Gasteiger partial charge on any atom is -0.309 e. The number of rotatable bonds is 7. The van der Waals surface area contributed by atoms with Crippen LogP contribution in [0, 0.1) is 0 Å². The molecule has 1 rings (SSSR count). The monoisotopic (exact) mass is 256 g/mol. The van der Waals surface area contributed by atoms with Crippen molar-refractivity contribution in [3.63, 3.8) is 0 Å². The molecule has 4 heteroatoms. The minimum absolute atomic E-state index is 0.167. The Bertz CT molecular complexity index is 354. The van der Waals surface area contributed by atoms with Crippen molar-refractivity contribution < 1.29 is 13.6 Å². The van der Waals surface area contributed by atoms with E-state index in [-0.39, 0.29) is 5.92 Å². The van der Waals surface area contributed by atoms with E-state index < -0.39 is 7.60 Å². The van der Waals surface area contributed by atoms with Gasteiger partial charge in [0.1, 0.15) is 0 Å². The Balaban J connectivity index is 2.71. The molecule has 0 aliphatic heterocycles. The van der Waals surface area contributed by atoms with Gasteiger partial charge in [-0.25, -0.2) is 0 Å². The molecule has 0 fully saturated rings. The van der Waals surface area contributed by atoms with Crippen molar-refractivity contribution in [3.05, 3.63) is 35.9 Å². The summed E-state index contributed by atoms with van der Waals surface area (Å²) in [6.07, 6.45) is 0.429. The molecule has 0 aromatic heterocycles. The molecule has 0 N–H and O–H groups in total. The summed E-state index contributed by atoms with van der Waals surface area (Å²) >= 11 is 0. The van der Waals surface area contributed by atoms with E-state index in [0.717, 1.165) is 5.56 Å². The summed E-state index contributed by atoms with van der Waals surface area (Å²) in [5, 5.41) is 0. The zero-order chi connectivity index (χ0) is 12.7. The Morgan fingerprint density at radius 2 is 1.65 bits per heavy atom. The Labute approximate surface area is 104 Å². The van der Waals surface area contributed by atoms with Gasteiger partial charge in [0.05, 0.1) is 19.4 Å². The molecule has 1 atom stereocenters. The fraction of sp³-hybridized carbons (Fsp3) is 0.538. The number of hydrogen-bond acceptors (Lipinski definition) is 3. The molecule has 1 aromatic rings. The lowest BCUT2D eigenvalue weighted by atomic mass is 10.0. The van der Waals surface area contributed by atoms with E-state index in [0.29, 0.717) is 19.4 Å². The second-order valence-corrected chi connectivity index (χ2v) is 6.04. The lowest BCUT2D eigenvalue weighted by Crippen LogP contribution is -2.06. The Hall–Kier alpha value is -0.630. The zero-order valence-electron chi connectivity index (χ0n) is 10.8. The predicted octanol–water partition coefficient (Wildman–Crippen LogP) is 4.06. The second-order valence-electron chi connectivity index (χ2n) is 3.94. The third kappa shape index (κ3) is 4.63. The van der Waals surface area contributed by atoms with Gasteiger partial charge in [0.25, 0.3) is 0 Å². The first-order chi connectivity index (χ1) is 8.11. The van der Waals surface area contributed by atoms with Crippen LogP contribution in [0.1, 0.15) is 32.3 Å². The van der Waals surface area contributed by atoms with Gasteiger partial charge in [-0.3, -0.25) is 4.57 Å². The van der Waals surface area contributed by atoms with Crippen molar-refractivity contribution >= 4 is 7.60 Å². The standard InChI is InChI=1S/C13H21O3P/c1-4-15-17(14,16-5-2)11-12(3)13-9-7-6-8-10-13/h6-10,12H,4-5,11H2,1-3H3/t12-/m1/s1. The predicted molar refractivity (Wildman–Crippen MR) is 70.6 cm³/mol. The van der Waals surface area contributed by atoms with E-state index in [1.54, 1.807) is 0 Å². The molecule has 0 spiro atoms. The summed E-state index contributed by atoms with van der Waals surface area (Å²) in [6, 6.07) is 10.0. The van der Waals surface area contributed by atoms with Crippen molar-refractivity contribution in [2.45, 2.75) is 26.7 Å². The molecule has 0 amide bonds. The van der Waals surface area contributed by atoms with Crippen LogP contribution in [0.3, 0.4) is 0 Å². The molecule has 96 valence electrons. The largest absolute Gasteiger partial charge is 0.331 e. The van der Waals surface area contributed by atoms with Crippen LogP contribution in [-0.4, -0.2) is 19.4 Å². The summed E-state index contributed by atoms with van der Waals surface area (Å²) in [5.74, 6) is 0.167. The van der Waals surface area contributed by atoms with Gasteiger partial charge in [-0.15, -0.1) is 0 Å². The Kier molecular flexibility index (Phi) is 5.90. The molecule has 0 saturated heterocycles. The van der Waals surface area contributed by atoms with Crippen LogP contribution in [-0.2, 0) is 13.6 Å². The summed E-state index contributed by atoms with van der Waals surface area (Å²) in [7, 11) is -2.94. The summed E-state index contributed by atoms with van der Waals surface area (Å²) in [6.45, 7) is 6.54. The van der Waals surface area contributed by atoms with Gasteiger partial charge in [-0.05, 0) is 25.3 Å². The van der Waals surface area contributed by atoms with Crippen LogP contribution in [0.2, 0.25) is 0 Å². The third-order valence-corrected chi connectivity index (χ3v) is 4.82. The van der Waals surface area contributed by atoms with Crippen LogP contribution < -0.4 is 0 Å². The van der Waals surface area contributed by atoms with Gasteiger partial charge in [-0.2, -0.15) is 0 Å². The fourth-order valence-electron chi connectivity index (χ4n) is 1.76. The smallest absolute Gasteiger partial charge is 0.309 e. The molecule has 0 bridgehead atoms. The van der Waals surface area contributed by atoms with Crippen molar-refractivity contribution in [3.8, 4) is 0 Å². The van der Waals surface area contributed by atoms with Crippen LogP contribution >= 0.6 is 7.60 Å². The molecule has 0 aliphatic carbocycles. The molecule has 0 heterocycles. The van der Waals surface area contributed by atoms with Crippen LogP contribution in [0.5, 0.6) is 0 Å².